The van der Waals surface area contributed by atoms with E-state index >= 15 is 0 Å². The van der Waals surface area contributed by atoms with Gasteiger partial charge in [0, 0.05) is 17.2 Å². The number of rotatable bonds is 5. The number of nitrogens with zero attached hydrogens (tertiary/aromatic N) is 1. The van der Waals surface area contributed by atoms with E-state index in [-0.39, 0.29) is 11.8 Å². The third-order valence-electron chi connectivity index (χ3n) is 4.05. The number of nitrogens with two attached hydrogens (primary N) is 1. The van der Waals surface area contributed by atoms with Crippen molar-refractivity contribution >= 4 is 17.2 Å². The van der Waals surface area contributed by atoms with Crippen molar-refractivity contribution in [3.05, 3.63) is 58.3 Å². The molecule has 0 aliphatic heterocycles. The second kappa shape index (κ2) is 5.91. The van der Waals surface area contributed by atoms with E-state index in [9.17, 15) is 10.1 Å². The van der Waals surface area contributed by atoms with Gasteiger partial charge in [0.2, 0.25) is 5.91 Å². The molecule has 1 amide bonds. The van der Waals surface area contributed by atoms with Gasteiger partial charge in [0.15, 0.2) is 0 Å². The predicted octanol–water partition coefficient (Wildman–Crippen LogP) is 2.18. The van der Waals surface area contributed by atoms with Gasteiger partial charge >= 0.3 is 0 Å². The Morgan fingerprint density at radius 2 is 2.18 bits per heavy atom. The monoisotopic (exact) mass is 311 g/mol. The van der Waals surface area contributed by atoms with Gasteiger partial charge in [0.1, 0.15) is 5.54 Å². The SMILES string of the molecule is N#C[C@]1(NC(=O)[C@@H](N)Cc2cccs2)C[C@H]1c1ccccc1. The molecular weight excluding hydrogens is 294 g/mol. The molecule has 1 aromatic heterocycles. The molecule has 2 aromatic rings. The molecule has 1 saturated carbocycles. The molecule has 1 aromatic carbocycles. The molecular formula is C17H17N3OS. The molecule has 0 radical (unpaired) electrons. The maximum absolute atomic E-state index is 12.3. The van der Waals surface area contributed by atoms with Crippen LogP contribution in [0.5, 0.6) is 0 Å². The minimum Gasteiger partial charge on any atom is -0.336 e. The standard InChI is InChI=1S/C17H17N3OS/c18-11-17(10-14(17)12-5-2-1-3-6-12)20-16(21)15(19)9-13-7-4-8-22-13/h1-8,14-15H,9-10,19H2,(H,20,21)/t14-,15-,17+/m0/s1. The summed E-state index contributed by atoms with van der Waals surface area (Å²) in [6, 6.07) is 15.3. The summed E-state index contributed by atoms with van der Waals surface area (Å²) in [5.74, 6) is -0.204. The minimum atomic E-state index is -0.800. The molecule has 3 atom stereocenters. The highest BCUT2D eigenvalue weighted by molar-refractivity contribution is 7.09. The number of thiophene rings is 1. The van der Waals surface area contributed by atoms with E-state index in [4.69, 9.17) is 5.73 Å². The molecule has 0 saturated heterocycles. The topological polar surface area (TPSA) is 78.9 Å². The van der Waals surface area contributed by atoms with E-state index in [1.54, 1.807) is 11.3 Å². The first-order chi connectivity index (χ1) is 10.6. The summed E-state index contributed by atoms with van der Waals surface area (Å²) >= 11 is 1.58. The van der Waals surface area contributed by atoms with Crippen molar-refractivity contribution < 1.29 is 4.79 Å². The summed E-state index contributed by atoms with van der Waals surface area (Å²) in [5.41, 5.74) is 6.25. The van der Waals surface area contributed by atoms with Gasteiger partial charge in [-0.3, -0.25) is 4.79 Å². The van der Waals surface area contributed by atoms with Crippen molar-refractivity contribution in [3.63, 3.8) is 0 Å². The van der Waals surface area contributed by atoms with Crippen LogP contribution in [-0.4, -0.2) is 17.5 Å². The molecule has 0 unspecified atom stereocenters. The number of hydrogen-bond donors (Lipinski definition) is 2. The Bertz CT molecular complexity index is 692. The Labute approximate surface area is 133 Å². The maximum Gasteiger partial charge on any atom is 0.238 e. The van der Waals surface area contributed by atoms with Crippen LogP contribution in [0.2, 0.25) is 0 Å². The van der Waals surface area contributed by atoms with Crippen molar-refractivity contribution in [1.82, 2.24) is 5.32 Å². The average molecular weight is 311 g/mol. The van der Waals surface area contributed by atoms with Gasteiger partial charge in [0.05, 0.1) is 12.1 Å². The first kappa shape index (κ1) is 14.8. The van der Waals surface area contributed by atoms with Gasteiger partial charge in [-0.25, -0.2) is 0 Å². The van der Waals surface area contributed by atoms with Crippen molar-refractivity contribution in [1.29, 1.82) is 5.26 Å². The van der Waals surface area contributed by atoms with Crippen LogP contribution in [0.1, 0.15) is 22.8 Å². The van der Waals surface area contributed by atoms with E-state index in [2.05, 4.69) is 11.4 Å². The second-order valence-electron chi connectivity index (χ2n) is 5.63. The first-order valence-corrected chi connectivity index (χ1v) is 8.09. The fourth-order valence-electron chi connectivity index (χ4n) is 2.69. The third kappa shape index (κ3) is 2.89. The summed E-state index contributed by atoms with van der Waals surface area (Å²) in [7, 11) is 0. The van der Waals surface area contributed by atoms with Crippen LogP contribution < -0.4 is 11.1 Å². The van der Waals surface area contributed by atoms with Crippen LogP contribution in [0, 0.1) is 11.3 Å². The molecule has 112 valence electrons. The fraction of sp³-hybridized carbons (Fsp3) is 0.294. The van der Waals surface area contributed by atoms with E-state index in [1.165, 1.54) is 0 Å². The number of carbonyl (C=O) groups excluding carboxylic acids is 1. The van der Waals surface area contributed by atoms with Gasteiger partial charge < -0.3 is 11.1 Å². The summed E-state index contributed by atoms with van der Waals surface area (Å²) < 4.78 is 0. The maximum atomic E-state index is 12.3. The lowest BCUT2D eigenvalue weighted by molar-refractivity contribution is -0.122. The number of nitrogens with one attached hydrogen (secondary N) is 1. The van der Waals surface area contributed by atoms with E-state index in [1.807, 2.05) is 47.8 Å². The van der Waals surface area contributed by atoms with Gasteiger partial charge in [-0.15, -0.1) is 11.3 Å². The summed E-state index contributed by atoms with van der Waals surface area (Å²) in [6.45, 7) is 0. The van der Waals surface area contributed by atoms with Crippen LogP contribution in [0.3, 0.4) is 0 Å². The lowest BCUT2D eigenvalue weighted by Crippen LogP contribution is -2.47. The molecule has 4 nitrogen and oxygen atoms in total. The second-order valence-corrected chi connectivity index (χ2v) is 6.66. The summed E-state index contributed by atoms with van der Waals surface area (Å²) in [4.78, 5) is 13.4. The van der Waals surface area contributed by atoms with Gasteiger partial charge in [0.25, 0.3) is 0 Å². The van der Waals surface area contributed by atoms with Crippen LogP contribution in [0.4, 0.5) is 0 Å². The molecule has 0 bridgehead atoms. The smallest absolute Gasteiger partial charge is 0.238 e. The molecule has 1 heterocycles. The highest BCUT2D eigenvalue weighted by Gasteiger charge is 2.57. The zero-order valence-corrected chi connectivity index (χ0v) is 12.8. The van der Waals surface area contributed by atoms with Gasteiger partial charge in [-0.2, -0.15) is 5.26 Å². The molecule has 5 heteroatoms. The van der Waals surface area contributed by atoms with Crippen LogP contribution in [0.25, 0.3) is 0 Å². The first-order valence-electron chi connectivity index (χ1n) is 7.21. The van der Waals surface area contributed by atoms with Crippen molar-refractivity contribution in [2.24, 2.45) is 5.73 Å². The number of amides is 1. The zero-order chi connectivity index (χ0) is 15.6. The third-order valence-corrected chi connectivity index (χ3v) is 4.95. The Balaban J connectivity index is 1.64. The highest BCUT2D eigenvalue weighted by atomic mass is 32.1. The molecule has 22 heavy (non-hydrogen) atoms. The molecule has 3 N–H and O–H groups in total. The molecule has 0 spiro atoms. The van der Waals surface area contributed by atoms with E-state index in [0.29, 0.717) is 12.8 Å². The van der Waals surface area contributed by atoms with Crippen molar-refractivity contribution in [3.8, 4) is 6.07 Å². The van der Waals surface area contributed by atoms with Crippen molar-refractivity contribution in [2.75, 3.05) is 0 Å². The van der Waals surface area contributed by atoms with Gasteiger partial charge in [-0.1, -0.05) is 36.4 Å². The number of hydrogen-bond acceptors (Lipinski definition) is 4. The predicted molar refractivity (Wildman–Crippen MR) is 86.3 cm³/mol. The minimum absolute atomic E-state index is 0.0524. The average Bonchev–Trinajstić information content (AvgIpc) is 3.02. The van der Waals surface area contributed by atoms with Crippen molar-refractivity contribution in [2.45, 2.75) is 30.3 Å². The summed E-state index contributed by atoms with van der Waals surface area (Å²) in [5, 5.41) is 14.3. The van der Waals surface area contributed by atoms with E-state index < -0.39 is 11.6 Å². The number of carbonyl (C=O) groups is 1. The Hall–Kier alpha value is -2.16. The molecule has 1 aliphatic carbocycles. The quantitative estimate of drug-likeness (QED) is 0.888. The van der Waals surface area contributed by atoms with E-state index in [0.717, 1.165) is 10.4 Å². The summed E-state index contributed by atoms with van der Waals surface area (Å²) in [6.07, 6.45) is 1.14. The van der Waals surface area contributed by atoms with Crippen LogP contribution >= 0.6 is 11.3 Å². The fourth-order valence-corrected chi connectivity index (χ4v) is 3.46. The Morgan fingerprint density at radius 3 is 2.82 bits per heavy atom. The normalized spacial score (nSPS) is 24.3. The van der Waals surface area contributed by atoms with Gasteiger partial charge in [-0.05, 0) is 23.4 Å². The lowest BCUT2D eigenvalue weighted by atomic mass is 10.1. The lowest BCUT2D eigenvalue weighted by Gasteiger charge is -2.16. The molecule has 3 rings (SSSR count). The Morgan fingerprint density at radius 1 is 1.41 bits per heavy atom. The molecule has 1 aliphatic rings. The number of nitriles is 1. The zero-order valence-electron chi connectivity index (χ0n) is 12.0. The van der Waals surface area contributed by atoms with Crippen LogP contribution in [-0.2, 0) is 11.2 Å². The largest absolute Gasteiger partial charge is 0.336 e. The Kier molecular flexibility index (Phi) is 3.97. The number of benzene rings is 1. The molecule has 1 fully saturated rings. The highest BCUT2D eigenvalue weighted by Crippen LogP contribution is 2.50. The van der Waals surface area contributed by atoms with Crippen LogP contribution in [0.15, 0.2) is 47.8 Å².